The zero-order valence-electron chi connectivity index (χ0n) is 11.4. The van der Waals surface area contributed by atoms with Gasteiger partial charge < -0.3 is 14.5 Å². The second-order valence-corrected chi connectivity index (χ2v) is 4.64. The Labute approximate surface area is 113 Å². The molecule has 2 rings (SSSR count). The zero-order valence-corrected chi connectivity index (χ0v) is 11.4. The van der Waals surface area contributed by atoms with E-state index in [1.54, 1.807) is 6.20 Å². The Balaban J connectivity index is 1.75. The van der Waals surface area contributed by atoms with Gasteiger partial charge in [0.25, 0.3) is 0 Å². The summed E-state index contributed by atoms with van der Waals surface area (Å²) >= 11 is 0. The summed E-state index contributed by atoms with van der Waals surface area (Å²) in [6.45, 7) is 4.78. The van der Waals surface area contributed by atoms with Crippen LogP contribution in [0.4, 0.5) is 0 Å². The van der Waals surface area contributed by atoms with Crippen LogP contribution in [0.5, 0.6) is 0 Å². The van der Waals surface area contributed by atoms with Crippen LogP contribution in [0.25, 0.3) is 0 Å². The van der Waals surface area contributed by atoms with Gasteiger partial charge in [-0.05, 0) is 31.5 Å². The van der Waals surface area contributed by atoms with Gasteiger partial charge in [-0.2, -0.15) is 5.26 Å². The topological polar surface area (TPSA) is 58.6 Å². The fourth-order valence-electron chi connectivity index (χ4n) is 2.08. The third kappa shape index (κ3) is 3.24. The summed E-state index contributed by atoms with van der Waals surface area (Å²) in [5.74, 6) is 0. The van der Waals surface area contributed by atoms with Crippen molar-refractivity contribution in [1.82, 2.24) is 19.4 Å². The van der Waals surface area contributed by atoms with E-state index in [1.807, 2.05) is 37.1 Å². The average molecular weight is 257 g/mol. The molecule has 100 valence electrons. The second kappa shape index (κ2) is 6.21. The van der Waals surface area contributed by atoms with Crippen molar-refractivity contribution in [2.45, 2.75) is 26.4 Å². The summed E-state index contributed by atoms with van der Waals surface area (Å²) in [6, 6.07) is 4.16. The normalized spacial score (nSPS) is 10.6. The van der Waals surface area contributed by atoms with E-state index in [2.05, 4.69) is 20.9 Å². The van der Waals surface area contributed by atoms with Crippen LogP contribution < -0.4 is 5.32 Å². The van der Waals surface area contributed by atoms with Gasteiger partial charge in [-0.3, -0.25) is 0 Å². The minimum Gasteiger partial charge on any atom is -0.340 e. The maximum Gasteiger partial charge on any atom is 0.120 e. The number of rotatable bonds is 6. The highest BCUT2D eigenvalue weighted by atomic mass is 15.0. The van der Waals surface area contributed by atoms with Crippen molar-refractivity contribution >= 4 is 0 Å². The summed E-state index contributed by atoms with van der Waals surface area (Å²) in [5.41, 5.74) is 3.06. The summed E-state index contributed by atoms with van der Waals surface area (Å²) in [6.07, 6.45) is 6.67. The van der Waals surface area contributed by atoms with Gasteiger partial charge >= 0.3 is 0 Å². The molecule has 19 heavy (non-hydrogen) atoms. The van der Waals surface area contributed by atoms with Gasteiger partial charge in [-0.1, -0.05) is 0 Å². The molecule has 2 aromatic rings. The highest BCUT2D eigenvalue weighted by Crippen LogP contribution is 2.12. The van der Waals surface area contributed by atoms with Crippen molar-refractivity contribution in [3.63, 3.8) is 0 Å². The van der Waals surface area contributed by atoms with Crippen LogP contribution in [0.15, 0.2) is 24.8 Å². The molecule has 0 unspecified atom stereocenters. The van der Waals surface area contributed by atoms with E-state index >= 15 is 0 Å². The smallest absolute Gasteiger partial charge is 0.120 e. The van der Waals surface area contributed by atoms with Gasteiger partial charge in [0.05, 0.1) is 6.33 Å². The number of nitrogens with one attached hydrogen (secondary N) is 1. The highest BCUT2D eigenvalue weighted by molar-refractivity contribution is 5.33. The zero-order chi connectivity index (χ0) is 13.7. The molecular weight excluding hydrogens is 238 g/mol. The fourth-order valence-corrected chi connectivity index (χ4v) is 2.08. The number of nitrogens with zero attached hydrogens (tertiary/aromatic N) is 4. The maximum atomic E-state index is 8.97. The molecule has 0 spiro atoms. The molecule has 0 amide bonds. The molecule has 0 aromatic carbocycles. The summed E-state index contributed by atoms with van der Waals surface area (Å²) in [5, 5.41) is 12.4. The number of imidazole rings is 1. The second-order valence-electron chi connectivity index (χ2n) is 4.64. The molecular formula is C14H19N5. The van der Waals surface area contributed by atoms with Gasteiger partial charge in [-0.25, -0.2) is 4.98 Å². The lowest BCUT2D eigenvalue weighted by molar-refractivity contribution is 0.579. The number of nitriles is 1. The molecule has 1 N–H and O–H groups in total. The molecule has 0 fully saturated rings. The van der Waals surface area contributed by atoms with E-state index in [0.717, 1.165) is 31.7 Å². The molecule has 0 saturated carbocycles. The molecule has 0 aliphatic heterocycles. The summed E-state index contributed by atoms with van der Waals surface area (Å²) < 4.78 is 4.01. The molecule has 0 saturated heterocycles. The monoisotopic (exact) mass is 257 g/mol. The standard InChI is InChI=1S/C14H19N5/c1-12-13(8-14(9-15)18(12)2)10-16-4-3-6-19-7-5-17-11-19/h5,7-8,11,16H,3-4,6,10H2,1-2H3. The predicted molar refractivity (Wildman–Crippen MR) is 73.4 cm³/mol. The molecule has 0 aliphatic rings. The van der Waals surface area contributed by atoms with Crippen LogP contribution >= 0.6 is 0 Å². The molecule has 2 heterocycles. The summed E-state index contributed by atoms with van der Waals surface area (Å²) in [7, 11) is 1.93. The number of hydrogen-bond acceptors (Lipinski definition) is 3. The van der Waals surface area contributed by atoms with E-state index in [0.29, 0.717) is 5.69 Å². The predicted octanol–water partition coefficient (Wildman–Crippen LogP) is 1.58. The van der Waals surface area contributed by atoms with E-state index in [9.17, 15) is 0 Å². The largest absolute Gasteiger partial charge is 0.340 e. The van der Waals surface area contributed by atoms with E-state index in [-0.39, 0.29) is 0 Å². The molecule has 5 nitrogen and oxygen atoms in total. The van der Waals surface area contributed by atoms with Crippen molar-refractivity contribution in [2.24, 2.45) is 7.05 Å². The third-order valence-corrected chi connectivity index (χ3v) is 3.40. The van der Waals surface area contributed by atoms with Crippen LogP contribution in [-0.2, 0) is 20.1 Å². The Morgan fingerprint density at radius 3 is 2.95 bits per heavy atom. The minimum atomic E-state index is 0.715. The first kappa shape index (κ1) is 13.4. The van der Waals surface area contributed by atoms with Gasteiger partial charge in [0, 0.05) is 38.2 Å². The van der Waals surface area contributed by atoms with Gasteiger partial charge in [0.1, 0.15) is 11.8 Å². The Hall–Kier alpha value is -2.06. The molecule has 2 aromatic heterocycles. The maximum absolute atomic E-state index is 8.97. The van der Waals surface area contributed by atoms with Crippen LogP contribution in [0, 0.1) is 18.3 Å². The first-order valence-electron chi connectivity index (χ1n) is 6.44. The Kier molecular flexibility index (Phi) is 4.37. The Bertz CT molecular complexity index is 559. The van der Waals surface area contributed by atoms with E-state index in [1.165, 1.54) is 5.56 Å². The molecule has 0 radical (unpaired) electrons. The van der Waals surface area contributed by atoms with E-state index in [4.69, 9.17) is 5.26 Å². The molecule has 0 bridgehead atoms. The van der Waals surface area contributed by atoms with Crippen LogP contribution in [0.1, 0.15) is 23.4 Å². The Morgan fingerprint density at radius 1 is 1.47 bits per heavy atom. The highest BCUT2D eigenvalue weighted by Gasteiger charge is 2.07. The average Bonchev–Trinajstić information content (AvgIpc) is 3.01. The van der Waals surface area contributed by atoms with Crippen molar-refractivity contribution in [3.8, 4) is 6.07 Å². The van der Waals surface area contributed by atoms with Crippen molar-refractivity contribution < 1.29 is 0 Å². The number of aromatic nitrogens is 3. The first-order valence-corrected chi connectivity index (χ1v) is 6.44. The van der Waals surface area contributed by atoms with E-state index < -0.39 is 0 Å². The van der Waals surface area contributed by atoms with Gasteiger partial charge in [0.2, 0.25) is 0 Å². The molecule has 0 aliphatic carbocycles. The van der Waals surface area contributed by atoms with Gasteiger partial charge in [-0.15, -0.1) is 0 Å². The minimum absolute atomic E-state index is 0.715. The van der Waals surface area contributed by atoms with Crippen LogP contribution in [0.2, 0.25) is 0 Å². The molecule has 5 heteroatoms. The summed E-state index contributed by atoms with van der Waals surface area (Å²) in [4.78, 5) is 4.01. The van der Waals surface area contributed by atoms with Crippen molar-refractivity contribution in [2.75, 3.05) is 6.54 Å². The van der Waals surface area contributed by atoms with Crippen molar-refractivity contribution in [3.05, 3.63) is 41.7 Å². The van der Waals surface area contributed by atoms with Gasteiger partial charge in [0.15, 0.2) is 0 Å². The fraction of sp³-hybridized carbons (Fsp3) is 0.429. The lowest BCUT2D eigenvalue weighted by atomic mass is 10.2. The quantitative estimate of drug-likeness (QED) is 0.799. The van der Waals surface area contributed by atoms with Crippen molar-refractivity contribution in [1.29, 1.82) is 5.26 Å². The number of hydrogen-bond donors (Lipinski definition) is 1. The lowest BCUT2D eigenvalue weighted by Gasteiger charge is -2.06. The third-order valence-electron chi connectivity index (χ3n) is 3.40. The lowest BCUT2D eigenvalue weighted by Crippen LogP contribution is -2.16. The SMILES string of the molecule is Cc1c(CNCCCn2ccnc2)cc(C#N)n1C. The van der Waals surface area contributed by atoms with Crippen LogP contribution in [0.3, 0.4) is 0 Å². The molecule has 0 atom stereocenters. The van der Waals surface area contributed by atoms with Crippen LogP contribution in [-0.4, -0.2) is 20.7 Å². The Morgan fingerprint density at radius 2 is 2.32 bits per heavy atom. The number of aryl methyl sites for hydroxylation is 1. The first-order chi connectivity index (χ1) is 9.22.